The summed E-state index contributed by atoms with van der Waals surface area (Å²) in [6.45, 7) is 4.21. The molecule has 166 valence electrons. The van der Waals surface area contributed by atoms with Gasteiger partial charge in [-0.1, -0.05) is 13.8 Å². The van der Waals surface area contributed by atoms with E-state index in [1.807, 2.05) is 6.07 Å². The third-order valence-electron chi connectivity index (χ3n) is 6.64. The second-order valence-electron chi connectivity index (χ2n) is 8.98. The third kappa shape index (κ3) is 3.21. The Kier molecular flexibility index (Phi) is 4.87. The smallest absolute Gasteiger partial charge is 0.306 e. The molecule has 0 amide bonds. The van der Waals surface area contributed by atoms with E-state index in [-0.39, 0.29) is 17.8 Å². The molecule has 32 heavy (non-hydrogen) atoms. The maximum Gasteiger partial charge on any atom is 0.306 e. The first kappa shape index (κ1) is 20.5. The molecule has 7 nitrogen and oxygen atoms in total. The minimum atomic E-state index is -0.728. The van der Waals surface area contributed by atoms with Crippen LogP contribution in [0.4, 0.5) is 4.39 Å². The standard InChI is InChI=1S/C24H25FN4O3/c1-12(2)22-20(13-3-5-14(6-4-13)24(31)32)21-18(9-15-11-26-28-23(15)27-21)29(22)16-7-8-17(25)19(30)10-16/h7-14,30H,3-6H2,1-2H3,(H,31,32)(H,26,27,28)/t13-,14-. The van der Waals surface area contributed by atoms with E-state index in [0.717, 1.165) is 40.5 Å². The highest BCUT2D eigenvalue weighted by Gasteiger charge is 2.33. The minimum absolute atomic E-state index is 0.125. The number of pyridine rings is 1. The van der Waals surface area contributed by atoms with Gasteiger partial charge in [-0.15, -0.1) is 0 Å². The molecule has 1 fully saturated rings. The van der Waals surface area contributed by atoms with Crippen molar-refractivity contribution in [3.8, 4) is 11.4 Å². The van der Waals surface area contributed by atoms with E-state index in [9.17, 15) is 19.4 Å². The van der Waals surface area contributed by atoms with Gasteiger partial charge in [0.1, 0.15) is 0 Å². The molecule has 3 heterocycles. The summed E-state index contributed by atoms with van der Waals surface area (Å²) in [5, 5.41) is 27.4. The topological polar surface area (TPSA) is 104 Å². The van der Waals surface area contributed by atoms with Gasteiger partial charge in [0.15, 0.2) is 17.2 Å². The summed E-state index contributed by atoms with van der Waals surface area (Å²) < 4.78 is 15.9. The fourth-order valence-electron chi connectivity index (χ4n) is 5.13. The van der Waals surface area contributed by atoms with E-state index in [1.165, 1.54) is 12.1 Å². The van der Waals surface area contributed by atoms with Crippen LogP contribution in [0.25, 0.3) is 27.8 Å². The SMILES string of the molecule is CC(C)c1c([C@H]2CC[C@H](C(=O)O)CC2)c2nc3[nH]ncc3cc2n1-c1ccc(F)c(O)c1. The minimum Gasteiger partial charge on any atom is -0.505 e. The van der Waals surface area contributed by atoms with Crippen LogP contribution < -0.4 is 0 Å². The number of benzene rings is 1. The van der Waals surface area contributed by atoms with E-state index >= 15 is 0 Å². The molecule has 0 radical (unpaired) electrons. The number of rotatable bonds is 4. The highest BCUT2D eigenvalue weighted by atomic mass is 19.1. The molecule has 4 aromatic rings. The first-order valence-electron chi connectivity index (χ1n) is 10.9. The van der Waals surface area contributed by atoms with E-state index in [1.54, 1.807) is 12.3 Å². The number of phenols is 1. The number of hydrogen-bond donors (Lipinski definition) is 3. The van der Waals surface area contributed by atoms with Crippen LogP contribution in [0.3, 0.4) is 0 Å². The summed E-state index contributed by atoms with van der Waals surface area (Å²) in [7, 11) is 0. The van der Waals surface area contributed by atoms with Gasteiger partial charge in [0, 0.05) is 28.4 Å². The summed E-state index contributed by atoms with van der Waals surface area (Å²) in [6.07, 6.45) is 4.52. The van der Waals surface area contributed by atoms with Crippen molar-refractivity contribution < 1.29 is 19.4 Å². The molecule has 1 saturated carbocycles. The van der Waals surface area contributed by atoms with Crippen molar-refractivity contribution in [2.24, 2.45) is 5.92 Å². The van der Waals surface area contributed by atoms with Gasteiger partial charge in [-0.2, -0.15) is 5.10 Å². The van der Waals surface area contributed by atoms with Gasteiger partial charge >= 0.3 is 5.97 Å². The number of carboxylic acid groups (broad SMARTS) is 1. The molecule has 5 rings (SSSR count). The van der Waals surface area contributed by atoms with E-state index in [4.69, 9.17) is 4.98 Å². The van der Waals surface area contributed by atoms with Gasteiger partial charge in [0.05, 0.1) is 23.1 Å². The van der Waals surface area contributed by atoms with Gasteiger partial charge in [-0.05, 0) is 55.7 Å². The zero-order valence-electron chi connectivity index (χ0n) is 18.0. The number of aliphatic carboxylic acids is 1. The van der Waals surface area contributed by atoms with Crippen molar-refractivity contribution >= 4 is 28.0 Å². The molecule has 3 N–H and O–H groups in total. The highest BCUT2D eigenvalue weighted by Crippen LogP contribution is 2.45. The highest BCUT2D eigenvalue weighted by molar-refractivity contribution is 5.93. The summed E-state index contributed by atoms with van der Waals surface area (Å²) in [5.74, 6) is -1.80. The van der Waals surface area contributed by atoms with Crippen LogP contribution in [0.2, 0.25) is 0 Å². The number of carboxylic acids is 1. The molecule has 8 heteroatoms. The van der Waals surface area contributed by atoms with Crippen LogP contribution in [0.5, 0.6) is 5.75 Å². The fraction of sp³-hybridized carbons (Fsp3) is 0.375. The molecule has 0 saturated heterocycles. The normalized spacial score (nSPS) is 19.2. The van der Waals surface area contributed by atoms with Gasteiger partial charge in [0.2, 0.25) is 0 Å². The quantitative estimate of drug-likeness (QED) is 0.406. The van der Waals surface area contributed by atoms with E-state index < -0.39 is 17.5 Å². The van der Waals surface area contributed by atoms with Crippen LogP contribution in [-0.2, 0) is 4.79 Å². The molecule has 0 bridgehead atoms. The number of aromatic amines is 1. The molecule has 0 atom stereocenters. The van der Waals surface area contributed by atoms with Crippen LogP contribution in [-0.4, -0.2) is 35.9 Å². The van der Waals surface area contributed by atoms with Crippen molar-refractivity contribution in [1.29, 1.82) is 0 Å². The van der Waals surface area contributed by atoms with Crippen LogP contribution in [0.1, 0.15) is 62.6 Å². The Morgan fingerprint density at radius 3 is 2.62 bits per heavy atom. The number of aromatic hydroxyl groups is 1. The van der Waals surface area contributed by atoms with Gasteiger partial charge in [0.25, 0.3) is 0 Å². The molecule has 3 aromatic heterocycles. The Bertz CT molecular complexity index is 1330. The summed E-state index contributed by atoms with van der Waals surface area (Å²) in [6, 6.07) is 6.37. The fourth-order valence-corrected chi connectivity index (χ4v) is 5.13. The summed E-state index contributed by atoms with van der Waals surface area (Å²) in [5.41, 5.74) is 5.22. The second-order valence-corrected chi connectivity index (χ2v) is 8.98. The number of nitrogens with one attached hydrogen (secondary N) is 1. The first-order valence-corrected chi connectivity index (χ1v) is 10.9. The second kappa shape index (κ2) is 7.62. The number of H-pyrrole nitrogens is 1. The molecule has 0 unspecified atom stereocenters. The number of carbonyl (C=O) groups is 1. The van der Waals surface area contributed by atoms with Crippen LogP contribution in [0.15, 0.2) is 30.5 Å². The Morgan fingerprint density at radius 1 is 1.22 bits per heavy atom. The van der Waals surface area contributed by atoms with Gasteiger partial charge in [-0.3, -0.25) is 9.89 Å². The molecular formula is C24H25FN4O3. The lowest BCUT2D eigenvalue weighted by atomic mass is 9.77. The Labute approximate surface area is 183 Å². The molecule has 1 aliphatic rings. The average molecular weight is 436 g/mol. The van der Waals surface area contributed by atoms with Gasteiger partial charge in [-0.25, -0.2) is 9.37 Å². The van der Waals surface area contributed by atoms with E-state index in [0.29, 0.717) is 24.2 Å². The van der Waals surface area contributed by atoms with Gasteiger partial charge < -0.3 is 14.8 Å². The number of hydrogen-bond acceptors (Lipinski definition) is 4. The molecule has 1 aliphatic carbocycles. The summed E-state index contributed by atoms with van der Waals surface area (Å²) in [4.78, 5) is 16.4. The Hall–Kier alpha value is -3.42. The predicted octanol–water partition coefficient (Wildman–Crippen LogP) is 5.23. The average Bonchev–Trinajstić information content (AvgIpc) is 3.36. The third-order valence-corrected chi connectivity index (χ3v) is 6.64. The lowest BCUT2D eigenvalue weighted by molar-refractivity contribution is -0.142. The lowest BCUT2D eigenvalue weighted by Gasteiger charge is -2.27. The Balaban J connectivity index is 1.78. The zero-order chi connectivity index (χ0) is 22.6. The maximum atomic E-state index is 13.8. The van der Waals surface area contributed by atoms with Crippen molar-refractivity contribution in [3.05, 3.63) is 47.5 Å². The zero-order valence-corrected chi connectivity index (χ0v) is 18.0. The van der Waals surface area contributed by atoms with Crippen LogP contribution in [0, 0.1) is 11.7 Å². The van der Waals surface area contributed by atoms with Crippen molar-refractivity contribution in [3.63, 3.8) is 0 Å². The largest absolute Gasteiger partial charge is 0.505 e. The first-order chi connectivity index (χ1) is 15.3. The molecule has 0 aliphatic heterocycles. The van der Waals surface area contributed by atoms with Crippen molar-refractivity contribution in [2.45, 2.75) is 51.4 Å². The number of nitrogens with zero attached hydrogens (tertiary/aromatic N) is 3. The lowest BCUT2D eigenvalue weighted by Crippen LogP contribution is -2.21. The number of halogens is 1. The number of fused-ring (bicyclic) bond motifs is 2. The predicted molar refractivity (Wildman–Crippen MR) is 119 cm³/mol. The van der Waals surface area contributed by atoms with Crippen molar-refractivity contribution in [1.82, 2.24) is 19.7 Å². The van der Waals surface area contributed by atoms with E-state index in [2.05, 4.69) is 28.6 Å². The summed E-state index contributed by atoms with van der Waals surface area (Å²) >= 11 is 0. The monoisotopic (exact) mass is 436 g/mol. The van der Waals surface area contributed by atoms with Crippen LogP contribution >= 0.6 is 0 Å². The van der Waals surface area contributed by atoms with Crippen molar-refractivity contribution in [2.75, 3.05) is 0 Å². The molecule has 1 aromatic carbocycles. The Morgan fingerprint density at radius 2 is 1.97 bits per heavy atom. The molecule has 0 spiro atoms. The molecular weight excluding hydrogens is 411 g/mol. The number of aromatic nitrogens is 4. The maximum absolute atomic E-state index is 13.8. The number of phenolic OH excluding ortho intramolecular Hbond substituents is 1.